The first-order valence-corrected chi connectivity index (χ1v) is 5.47. The van der Waals surface area contributed by atoms with Crippen LogP contribution in [0.1, 0.15) is 0 Å². The number of phenolic OH excluding ortho intramolecular Hbond substituents is 1. The first-order valence-electron chi connectivity index (χ1n) is 5.47. The molecule has 3 heteroatoms. The first kappa shape index (κ1) is 9.90. The highest BCUT2D eigenvalue weighted by Gasteiger charge is 2.10. The lowest BCUT2D eigenvalue weighted by Gasteiger charge is -2.02. The zero-order valence-electron chi connectivity index (χ0n) is 9.46. The maximum absolute atomic E-state index is 9.57. The molecule has 0 spiro atoms. The van der Waals surface area contributed by atoms with Gasteiger partial charge in [-0.15, -0.1) is 0 Å². The molecule has 0 bridgehead atoms. The lowest BCUT2D eigenvalue weighted by atomic mass is 10.1. The molecule has 0 fully saturated rings. The molecule has 0 aliphatic rings. The summed E-state index contributed by atoms with van der Waals surface area (Å²) in [5.41, 5.74) is 3.02. The van der Waals surface area contributed by atoms with E-state index >= 15 is 0 Å². The van der Waals surface area contributed by atoms with E-state index in [1.807, 2.05) is 48.1 Å². The molecular weight excluding hydrogens is 212 g/mol. The lowest BCUT2D eigenvalue weighted by Crippen LogP contribution is -1.92. The Morgan fingerprint density at radius 1 is 1.06 bits per heavy atom. The molecule has 0 unspecified atom stereocenters. The van der Waals surface area contributed by atoms with Crippen LogP contribution in [0.3, 0.4) is 0 Å². The fourth-order valence-corrected chi connectivity index (χ4v) is 2.13. The zero-order chi connectivity index (χ0) is 11.8. The minimum absolute atomic E-state index is 0.266. The highest BCUT2D eigenvalue weighted by Crippen LogP contribution is 2.30. The summed E-state index contributed by atoms with van der Waals surface area (Å²) in [6.07, 6.45) is 0. The van der Waals surface area contributed by atoms with Crippen LogP contribution in [-0.2, 0) is 7.05 Å². The summed E-state index contributed by atoms with van der Waals surface area (Å²) in [5, 5.41) is 15.0. The smallest absolute Gasteiger partial charge is 0.116 e. The van der Waals surface area contributed by atoms with Crippen LogP contribution in [0.25, 0.3) is 22.2 Å². The molecule has 0 amide bonds. The number of rotatable bonds is 1. The zero-order valence-corrected chi connectivity index (χ0v) is 9.46. The van der Waals surface area contributed by atoms with Crippen molar-refractivity contribution in [1.29, 1.82) is 0 Å². The van der Waals surface area contributed by atoms with Crippen LogP contribution >= 0.6 is 0 Å². The number of hydrogen-bond donors (Lipinski definition) is 1. The molecule has 3 aromatic rings. The van der Waals surface area contributed by atoms with Gasteiger partial charge in [-0.05, 0) is 18.2 Å². The third kappa shape index (κ3) is 1.56. The van der Waals surface area contributed by atoms with E-state index in [2.05, 4.69) is 5.10 Å². The second-order valence-electron chi connectivity index (χ2n) is 4.04. The van der Waals surface area contributed by atoms with Crippen molar-refractivity contribution in [3.63, 3.8) is 0 Å². The third-order valence-corrected chi connectivity index (χ3v) is 2.86. The van der Waals surface area contributed by atoms with Crippen molar-refractivity contribution in [2.24, 2.45) is 7.05 Å². The normalized spacial score (nSPS) is 10.9. The largest absolute Gasteiger partial charge is 0.508 e. The Hall–Kier alpha value is -2.29. The average molecular weight is 224 g/mol. The van der Waals surface area contributed by atoms with Gasteiger partial charge in [0.25, 0.3) is 0 Å². The summed E-state index contributed by atoms with van der Waals surface area (Å²) in [6, 6.07) is 15.3. The molecule has 1 N–H and O–H groups in total. The van der Waals surface area contributed by atoms with E-state index < -0.39 is 0 Å². The number of fused-ring (bicyclic) bond motifs is 1. The number of aryl methyl sites for hydroxylation is 1. The van der Waals surface area contributed by atoms with Gasteiger partial charge in [0.2, 0.25) is 0 Å². The summed E-state index contributed by atoms with van der Waals surface area (Å²) in [5.74, 6) is 0.266. The molecule has 0 saturated heterocycles. The second-order valence-corrected chi connectivity index (χ2v) is 4.04. The van der Waals surface area contributed by atoms with Gasteiger partial charge >= 0.3 is 0 Å². The lowest BCUT2D eigenvalue weighted by molar-refractivity contribution is 0.476. The molecule has 3 nitrogen and oxygen atoms in total. The van der Waals surface area contributed by atoms with Crippen molar-refractivity contribution in [2.75, 3.05) is 0 Å². The number of nitrogens with zero attached hydrogens (tertiary/aromatic N) is 2. The van der Waals surface area contributed by atoms with Crippen LogP contribution in [0, 0.1) is 0 Å². The maximum atomic E-state index is 9.57. The number of hydrogen-bond acceptors (Lipinski definition) is 2. The van der Waals surface area contributed by atoms with Crippen LogP contribution in [0.4, 0.5) is 0 Å². The summed E-state index contributed by atoms with van der Waals surface area (Å²) in [7, 11) is 1.92. The Morgan fingerprint density at radius 2 is 1.82 bits per heavy atom. The van der Waals surface area contributed by atoms with Gasteiger partial charge in [0.05, 0.1) is 11.2 Å². The molecule has 17 heavy (non-hydrogen) atoms. The van der Waals surface area contributed by atoms with E-state index in [1.54, 1.807) is 12.1 Å². The summed E-state index contributed by atoms with van der Waals surface area (Å²) in [4.78, 5) is 0. The quantitative estimate of drug-likeness (QED) is 0.690. The third-order valence-electron chi connectivity index (χ3n) is 2.86. The summed E-state index contributed by atoms with van der Waals surface area (Å²) >= 11 is 0. The van der Waals surface area contributed by atoms with Crippen molar-refractivity contribution in [3.8, 4) is 17.0 Å². The topological polar surface area (TPSA) is 38.0 Å². The van der Waals surface area contributed by atoms with Crippen molar-refractivity contribution >= 4 is 10.9 Å². The molecule has 0 aliphatic heterocycles. The van der Waals surface area contributed by atoms with Gasteiger partial charge in [-0.3, -0.25) is 4.68 Å². The predicted molar refractivity (Wildman–Crippen MR) is 67.8 cm³/mol. The van der Waals surface area contributed by atoms with Gasteiger partial charge in [-0.2, -0.15) is 5.10 Å². The molecule has 0 saturated carbocycles. The van der Waals surface area contributed by atoms with E-state index in [0.717, 1.165) is 22.2 Å². The molecular formula is C14H12N2O. The fourth-order valence-electron chi connectivity index (χ4n) is 2.13. The summed E-state index contributed by atoms with van der Waals surface area (Å²) in [6.45, 7) is 0. The van der Waals surface area contributed by atoms with E-state index in [4.69, 9.17) is 0 Å². The molecule has 3 rings (SSSR count). The maximum Gasteiger partial charge on any atom is 0.116 e. The highest BCUT2D eigenvalue weighted by atomic mass is 16.3. The first-order chi connectivity index (χ1) is 8.25. The van der Waals surface area contributed by atoms with Gasteiger partial charge in [0, 0.05) is 18.0 Å². The monoisotopic (exact) mass is 224 g/mol. The van der Waals surface area contributed by atoms with Crippen LogP contribution in [0.2, 0.25) is 0 Å². The van der Waals surface area contributed by atoms with Crippen molar-refractivity contribution in [1.82, 2.24) is 9.78 Å². The average Bonchev–Trinajstić information content (AvgIpc) is 2.65. The number of aromatic nitrogens is 2. The predicted octanol–water partition coefficient (Wildman–Crippen LogP) is 2.95. The van der Waals surface area contributed by atoms with Gasteiger partial charge in [0.15, 0.2) is 0 Å². The van der Waals surface area contributed by atoms with E-state index in [0.29, 0.717) is 0 Å². The van der Waals surface area contributed by atoms with E-state index in [1.165, 1.54) is 0 Å². The van der Waals surface area contributed by atoms with Crippen LogP contribution in [-0.4, -0.2) is 14.9 Å². The van der Waals surface area contributed by atoms with Gasteiger partial charge in [-0.25, -0.2) is 0 Å². The fraction of sp³-hybridized carbons (Fsp3) is 0.0714. The highest BCUT2D eigenvalue weighted by molar-refractivity contribution is 5.94. The van der Waals surface area contributed by atoms with Crippen molar-refractivity contribution in [3.05, 3.63) is 48.5 Å². The summed E-state index contributed by atoms with van der Waals surface area (Å²) < 4.78 is 1.85. The van der Waals surface area contributed by atoms with Crippen LogP contribution < -0.4 is 0 Å². The molecule has 1 heterocycles. The van der Waals surface area contributed by atoms with Crippen LogP contribution in [0.5, 0.6) is 5.75 Å². The number of aromatic hydroxyl groups is 1. The standard InChI is InChI=1S/C14H12N2O/c1-16-14(10-5-3-2-4-6-10)12-9-11(17)7-8-13(12)15-16/h2-9,17H,1H3. The molecule has 0 atom stereocenters. The van der Waals surface area contributed by atoms with E-state index in [9.17, 15) is 5.11 Å². The molecule has 84 valence electrons. The molecule has 0 radical (unpaired) electrons. The molecule has 0 aliphatic carbocycles. The molecule has 2 aromatic carbocycles. The van der Waals surface area contributed by atoms with E-state index in [-0.39, 0.29) is 5.75 Å². The van der Waals surface area contributed by atoms with Crippen LogP contribution in [0.15, 0.2) is 48.5 Å². The van der Waals surface area contributed by atoms with Gasteiger partial charge in [-0.1, -0.05) is 30.3 Å². The SMILES string of the molecule is Cn1nc2ccc(O)cc2c1-c1ccccc1. The Bertz CT molecular complexity index is 671. The number of phenols is 1. The van der Waals surface area contributed by atoms with Crippen molar-refractivity contribution < 1.29 is 5.11 Å². The minimum Gasteiger partial charge on any atom is -0.508 e. The van der Waals surface area contributed by atoms with Crippen molar-refractivity contribution in [2.45, 2.75) is 0 Å². The van der Waals surface area contributed by atoms with Gasteiger partial charge in [0.1, 0.15) is 5.75 Å². The number of benzene rings is 2. The molecule has 1 aromatic heterocycles. The Morgan fingerprint density at radius 3 is 2.59 bits per heavy atom. The Balaban J connectivity index is 2.35. The second kappa shape index (κ2) is 3.63. The Labute approximate surface area is 98.9 Å². The minimum atomic E-state index is 0.266. The van der Waals surface area contributed by atoms with Gasteiger partial charge < -0.3 is 5.11 Å². The Kier molecular flexibility index (Phi) is 2.11.